The number of ether oxygens (including phenoxy) is 2. The predicted octanol–water partition coefficient (Wildman–Crippen LogP) is 6.53. The zero-order valence-electron chi connectivity index (χ0n) is 24.5. The molecule has 210 valence electrons. The summed E-state index contributed by atoms with van der Waals surface area (Å²) in [6.45, 7) is 8.43. The number of aryl methyl sites for hydroxylation is 1. The van der Waals surface area contributed by atoms with Crippen LogP contribution in [0.15, 0.2) is 36.7 Å². The van der Waals surface area contributed by atoms with Gasteiger partial charge in [0.1, 0.15) is 11.4 Å². The Bertz CT molecular complexity index is 1230. The third-order valence-corrected chi connectivity index (χ3v) is 9.76. The minimum Gasteiger partial charge on any atom is -0.495 e. The van der Waals surface area contributed by atoms with E-state index in [4.69, 9.17) is 9.47 Å². The van der Waals surface area contributed by atoms with Crippen LogP contribution < -0.4 is 4.74 Å². The second-order valence-electron chi connectivity index (χ2n) is 13.2. The first-order valence-electron chi connectivity index (χ1n) is 14.6. The van der Waals surface area contributed by atoms with Gasteiger partial charge < -0.3 is 14.4 Å². The normalized spacial score (nSPS) is 27.6. The van der Waals surface area contributed by atoms with Crippen molar-refractivity contribution in [2.75, 3.05) is 20.7 Å². The van der Waals surface area contributed by atoms with Gasteiger partial charge in [-0.15, -0.1) is 0 Å². The molecule has 2 fully saturated rings. The summed E-state index contributed by atoms with van der Waals surface area (Å²) in [6.07, 6.45) is 11.2. The molecule has 2 saturated carbocycles. The average molecular weight is 533 g/mol. The van der Waals surface area contributed by atoms with E-state index in [1.165, 1.54) is 48.8 Å². The molecule has 1 amide bonds. The lowest BCUT2D eigenvalue weighted by Crippen LogP contribution is -2.41. The highest BCUT2D eigenvalue weighted by molar-refractivity contribution is 5.94. The van der Waals surface area contributed by atoms with Crippen molar-refractivity contribution < 1.29 is 19.1 Å². The van der Waals surface area contributed by atoms with Gasteiger partial charge >= 0.3 is 5.97 Å². The second kappa shape index (κ2) is 10.6. The Morgan fingerprint density at radius 3 is 2.64 bits per heavy atom. The van der Waals surface area contributed by atoms with E-state index in [1.54, 1.807) is 25.3 Å². The first kappa shape index (κ1) is 27.7. The summed E-state index contributed by atoms with van der Waals surface area (Å²) in [7, 11) is 3.48. The van der Waals surface area contributed by atoms with E-state index in [9.17, 15) is 9.59 Å². The molecule has 0 saturated heterocycles. The Kier molecular flexibility index (Phi) is 7.51. The quantitative estimate of drug-likeness (QED) is 0.396. The molecule has 0 bridgehead atoms. The Hall–Kier alpha value is -2.89. The molecule has 3 aliphatic carbocycles. The number of nitrogens with zero attached hydrogens (tertiary/aromatic N) is 2. The number of pyridine rings is 1. The highest BCUT2D eigenvalue weighted by Gasteiger charge is 2.55. The van der Waals surface area contributed by atoms with Crippen molar-refractivity contribution >= 4 is 11.9 Å². The van der Waals surface area contributed by atoms with Gasteiger partial charge in [-0.3, -0.25) is 14.6 Å². The lowest BCUT2D eigenvalue weighted by atomic mass is 9.53. The molecule has 1 aromatic carbocycles. The number of benzene rings is 1. The fourth-order valence-corrected chi connectivity index (χ4v) is 7.97. The van der Waals surface area contributed by atoms with Crippen molar-refractivity contribution in [3.05, 3.63) is 58.9 Å². The minimum absolute atomic E-state index is 0.0368. The SMILES string of the molecule is COc1cncc([C@H]2CCC3[C@@H]4CCc5cc(C(=O)N(C)CCC(=O)OC(C)(C)C)ccc5C4CCC32C)c1. The number of methoxy groups -OCH3 is 1. The first-order valence-corrected chi connectivity index (χ1v) is 14.6. The van der Waals surface area contributed by atoms with Crippen molar-refractivity contribution in [1.29, 1.82) is 0 Å². The number of carbonyl (C=O) groups is 2. The molecule has 0 radical (unpaired) electrons. The van der Waals surface area contributed by atoms with Gasteiger partial charge in [-0.1, -0.05) is 13.0 Å². The number of hydrogen-bond acceptors (Lipinski definition) is 5. The zero-order chi connectivity index (χ0) is 27.9. The summed E-state index contributed by atoms with van der Waals surface area (Å²) in [4.78, 5) is 31.4. The van der Waals surface area contributed by atoms with Crippen LogP contribution in [0.4, 0.5) is 0 Å². The van der Waals surface area contributed by atoms with Crippen LogP contribution in [0, 0.1) is 17.3 Å². The molecule has 3 unspecified atom stereocenters. The summed E-state index contributed by atoms with van der Waals surface area (Å²) >= 11 is 0. The number of amides is 1. The van der Waals surface area contributed by atoms with Gasteiger partial charge in [-0.05, 0) is 123 Å². The van der Waals surface area contributed by atoms with Crippen LogP contribution in [0.2, 0.25) is 0 Å². The van der Waals surface area contributed by atoms with E-state index in [0.29, 0.717) is 41.2 Å². The van der Waals surface area contributed by atoms with Crippen LogP contribution >= 0.6 is 0 Å². The van der Waals surface area contributed by atoms with Gasteiger partial charge in [-0.2, -0.15) is 0 Å². The fraction of sp³-hybridized carbons (Fsp3) is 0.606. The maximum Gasteiger partial charge on any atom is 0.308 e. The number of aromatic nitrogens is 1. The molecule has 5 rings (SSSR count). The molecule has 1 heterocycles. The maximum atomic E-state index is 13.2. The topological polar surface area (TPSA) is 68.7 Å². The summed E-state index contributed by atoms with van der Waals surface area (Å²) in [5, 5.41) is 0. The van der Waals surface area contributed by atoms with Crippen LogP contribution in [-0.2, 0) is 16.0 Å². The molecule has 2 aromatic rings. The summed E-state index contributed by atoms with van der Waals surface area (Å²) < 4.78 is 10.9. The monoisotopic (exact) mass is 532 g/mol. The molecule has 5 atom stereocenters. The number of fused-ring (bicyclic) bond motifs is 5. The molecular formula is C33H44N2O4. The summed E-state index contributed by atoms with van der Waals surface area (Å²) in [5.74, 6) is 3.04. The number of esters is 1. The van der Waals surface area contributed by atoms with Crippen LogP contribution in [0.3, 0.4) is 0 Å². The fourth-order valence-electron chi connectivity index (χ4n) is 7.97. The third-order valence-electron chi connectivity index (χ3n) is 9.76. The van der Waals surface area contributed by atoms with E-state index >= 15 is 0 Å². The smallest absolute Gasteiger partial charge is 0.308 e. The number of rotatable bonds is 6. The minimum atomic E-state index is -0.516. The van der Waals surface area contributed by atoms with Gasteiger partial charge in [0.05, 0.1) is 19.7 Å². The van der Waals surface area contributed by atoms with Crippen molar-refractivity contribution in [3.63, 3.8) is 0 Å². The zero-order valence-corrected chi connectivity index (χ0v) is 24.5. The number of hydrogen-bond donors (Lipinski definition) is 0. The van der Waals surface area contributed by atoms with Crippen molar-refractivity contribution in [3.8, 4) is 5.75 Å². The largest absolute Gasteiger partial charge is 0.495 e. The molecule has 1 aromatic heterocycles. The predicted molar refractivity (Wildman–Crippen MR) is 152 cm³/mol. The van der Waals surface area contributed by atoms with Gasteiger partial charge in [0.15, 0.2) is 0 Å². The molecule has 0 aliphatic heterocycles. The highest BCUT2D eigenvalue weighted by atomic mass is 16.6. The van der Waals surface area contributed by atoms with Gasteiger partial charge in [0, 0.05) is 25.4 Å². The van der Waals surface area contributed by atoms with E-state index in [1.807, 2.05) is 33.0 Å². The molecule has 3 aliphatic rings. The lowest BCUT2D eigenvalue weighted by Gasteiger charge is -2.51. The van der Waals surface area contributed by atoms with Crippen LogP contribution in [0.1, 0.15) is 105 Å². The highest BCUT2D eigenvalue weighted by Crippen LogP contribution is 2.65. The molecule has 6 heteroatoms. The first-order chi connectivity index (χ1) is 18.5. The number of carbonyl (C=O) groups excluding carboxylic acids is 2. The van der Waals surface area contributed by atoms with Crippen molar-refractivity contribution in [2.24, 2.45) is 17.3 Å². The maximum absolute atomic E-state index is 13.2. The standard InChI is InChI=1S/C33H44N2O4/c1-32(2,3)39-30(36)14-16-35(5)31(37)22-8-9-25-21(17-22)7-10-27-26(25)13-15-33(4)28(11-12-29(27)33)23-18-24(38-6)20-34-19-23/h8-9,17-20,26-29H,7,10-16H2,1-6H3/t26?,27-,28-,29?,33?/m1/s1. The Morgan fingerprint density at radius 2 is 1.90 bits per heavy atom. The summed E-state index contributed by atoms with van der Waals surface area (Å²) in [5.41, 5.74) is 4.60. The Morgan fingerprint density at radius 1 is 1.10 bits per heavy atom. The van der Waals surface area contributed by atoms with Crippen LogP contribution in [0.5, 0.6) is 5.75 Å². The summed E-state index contributed by atoms with van der Waals surface area (Å²) in [6, 6.07) is 8.53. The molecular weight excluding hydrogens is 488 g/mol. The Labute approximate surface area is 233 Å². The Balaban J connectivity index is 1.27. The van der Waals surface area contributed by atoms with Crippen LogP contribution in [0.25, 0.3) is 0 Å². The molecule has 0 N–H and O–H groups in total. The van der Waals surface area contributed by atoms with Gasteiger partial charge in [0.25, 0.3) is 5.91 Å². The van der Waals surface area contributed by atoms with E-state index < -0.39 is 5.60 Å². The van der Waals surface area contributed by atoms with Crippen LogP contribution in [-0.4, -0.2) is 48.1 Å². The molecule has 6 nitrogen and oxygen atoms in total. The van der Waals surface area contributed by atoms with E-state index in [-0.39, 0.29) is 18.3 Å². The molecule has 0 spiro atoms. The molecule has 39 heavy (non-hydrogen) atoms. The van der Waals surface area contributed by atoms with E-state index in [2.05, 4.69) is 30.1 Å². The van der Waals surface area contributed by atoms with E-state index in [0.717, 1.165) is 12.2 Å². The van der Waals surface area contributed by atoms with Gasteiger partial charge in [0.2, 0.25) is 0 Å². The second-order valence-corrected chi connectivity index (χ2v) is 13.2. The van der Waals surface area contributed by atoms with Crippen molar-refractivity contribution in [1.82, 2.24) is 9.88 Å². The lowest BCUT2D eigenvalue weighted by molar-refractivity contribution is -0.154. The van der Waals surface area contributed by atoms with Gasteiger partial charge in [-0.25, -0.2) is 0 Å². The van der Waals surface area contributed by atoms with Crippen molar-refractivity contribution in [2.45, 2.75) is 90.1 Å². The average Bonchev–Trinajstić information content (AvgIpc) is 3.27. The third kappa shape index (κ3) is 5.44.